The van der Waals surface area contributed by atoms with E-state index in [2.05, 4.69) is 26.0 Å². The van der Waals surface area contributed by atoms with E-state index in [9.17, 15) is 0 Å². The van der Waals surface area contributed by atoms with Crippen LogP contribution in [0, 0.1) is 0 Å². The number of ether oxygens (including phenoxy) is 2. The third-order valence-corrected chi connectivity index (χ3v) is 4.96. The third kappa shape index (κ3) is 8.17. The second-order valence-corrected chi connectivity index (χ2v) is 7.19. The Morgan fingerprint density at radius 2 is 1.56 bits per heavy atom. The first-order valence-electron chi connectivity index (χ1n) is 8.72. The van der Waals surface area contributed by atoms with Crippen LogP contribution in [0.25, 0.3) is 0 Å². The topological polar surface area (TPSA) is 18.5 Å². The van der Waals surface area contributed by atoms with Crippen LogP contribution in [0.4, 0.5) is 0 Å². The zero-order valence-electron chi connectivity index (χ0n) is 15.8. The standard InChI is InChI=1S/C19H23ClO2S.C2H6/c1-14(2)15-4-8-17(9-5-15)22-12-18(21-3)13-23-19-10-6-16(20)7-11-19;1-2/h4-11,14,18H,12-13H2,1-3H3;1-2H3. The molecule has 2 aromatic rings. The van der Waals surface area contributed by atoms with Gasteiger partial charge in [-0.1, -0.05) is 51.4 Å². The molecule has 0 spiro atoms. The number of hydrogen-bond donors (Lipinski definition) is 0. The van der Waals surface area contributed by atoms with Gasteiger partial charge in [-0.25, -0.2) is 0 Å². The minimum absolute atomic E-state index is 0.0421. The fourth-order valence-corrected chi connectivity index (χ4v) is 3.11. The molecule has 0 saturated heterocycles. The Morgan fingerprint density at radius 1 is 0.960 bits per heavy atom. The lowest BCUT2D eigenvalue weighted by atomic mass is 10.0. The van der Waals surface area contributed by atoms with Crippen molar-refractivity contribution in [3.05, 3.63) is 59.1 Å². The number of rotatable bonds is 8. The average Bonchev–Trinajstić information content (AvgIpc) is 2.65. The van der Waals surface area contributed by atoms with E-state index in [0.29, 0.717) is 12.5 Å². The molecular formula is C21H29ClO2S. The molecule has 0 bridgehead atoms. The summed E-state index contributed by atoms with van der Waals surface area (Å²) in [5, 5.41) is 0.755. The first kappa shape index (κ1) is 21.9. The Balaban J connectivity index is 0.00000151. The van der Waals surface area contributed by atoms with E-state index in [1.165, 1.54) is 10.5 Å². The highest BCUT2D eigenvalue weighted by atomic mass is 35.5. The fraction of sp³-hybridized carbons (Fsp3) is 0.429. The van der Waals surface area contributed by atoms with Crippen molar-refractivity contribution in [3.8, 4) is 5.75 Å². The molecule has 0 aromatic heterocycles. The van der Waals surface area contributed by atoms with Gasteiger partial charge in [0.25, 0.3) is 0 Å². The third-order valence-electron chi connectivity index (χ3n) is 3.57. The van der Waals surface area contributed by atoms with E-state index in [1.807, 2.05) is 50.2 Å². The summed E-state index contributed by atoms with van der Waals surface area (Å²) >= 11 is 7.64. The molecule has 2 aromatic carbocycles. The molecule has 0 aliphatic heterocycles. The zero-order valence-corrected chi connectivity index (χ0v) is 17.4. The molecule has 1 unspecified atom stereocenters. The second kappa shape index (κ2) is 12.2. The smallest absolute Gasteiger partial charge is 0.119 e. The fourth-order valence-electron chi connectivity index (χ4n) is 2.04. The van der Waals surface area contributed by atoms with Crippen molar-refractivity contribution in [1.82, 2.24) is 0 Å². The molecule has 2 nitrogen and oxygen atoms in total. The normalized spacial score (nSPS) is 11.6. The van der Waals surface area contributed by atoms with Gasteiger partial charge in [-0.3, -0.25) is 0 Å². The van der Waals surface area contributed by atoms with Crippen LogP contribution in [0.5, 0.6) is 5.75 Å². The number of benzene rings is 2. The van der Waals surface area contributed by atoms with Crippen LogP contribution < -0.4 is 4.74 Å². The minimum atomic E-state index is 0.0421. The van der Waals surface area contributed by atoms with Gasteiger partial charge in [0.15, 0.2) is 0 Å². The largest absolute Gasteiger partial charge is 0.491 e. The van der Waals surface area contributed by atoms with Crippen molar-refractivity contribution in [2.45, 2.75) is 44.6 Å². The van der Waals surface area contributed by atoms with Crippen LogP contribution in [0.1, 0.15) is 39.2 Å². The maximum absolute atomic E-state index is 5.90. The maximum Gasteiger partial charge on any atom is 0.119 e. The zero-order chi connectivity index (χ0) is 18.7. The molecule has 4 heteroatoms. The highest BCUT2D eigenvalue weighted by molar-refractivity contribution is 7.99. The van der Waals surface area contributed by atoms with Gasteiger partial charge >= 0.3 is 0 Å². The first-order valence-corrected chi connectivity index (χ1v) is 10.1. The molecule has 0 heterocycles. The van der Waals surface area contributed by atoms with E-state index in [-0.39, 0.29) is 6.10 Å². The molecular weight excluding hydrogens is 352 g/mol. The summed E-state index contributed by atoms with van der Waals surface area (Å²) in [6.45, 7) is 8.91. The molecule has 25 heavy (non-hydrogen) atoms. The summed E-state index contributed by atoms with van der Waals surface area (Å²) < 4.78 is 11.3. The molecule has 0 radical (unpaired) electrons. The summed E-state index contributed by atoms with van der Waals surface area (Å²) in [5.41, 5.74) is 1.32. The summed E-state index contributed by atoms with van der Waals surface area (Å²) in [5.74, 6) is 2.25. The van der Waals surface area contributed by atoms with Crippen LogP contribution in [0.2, 0.25) is 5.02 Å². The van der Waals surface area contributed by atoms with Crippen LogP contribution >= 0.6 is 23.4 Å². The van der Waals surface area contributed by atoms with Gasteiger partial charge in [-0.2, -0.15) is 0 Å². The highest BCUT2D eigenvalue weighted by Gasteiger charge is 2.10. The molecule has 0 aliphatic carbocycles. The van der Waals surface area contributed by atoms with Crippen molar-refractivity contribution in [1.29, 1.82) is 0 Å². The van der Waals surface area contributed by atoms with Crippen molar-refractivity contribution in [2.75, 3.05) is 19.5 Å². The number of thioether (sulfide) groups is 1. The molecule has 0 N–H and O–H groups in total. The lowest BCUT2D eigenvalue weighted by Gasteiger charge is -2.16. The monoisotopic (exact) mass is 380 g/mol. The summed E-state index contributed by atoms with van der Waals surface area (Å²) in [6.07, 6.45) is 0.0421. The maximum atomic E-state index is 5.90. The van der Waals surface area contributed by atoms with E-state index >= 15 is 0 Å². The van der Waals surface area contributed by atoms with E-state index in [4.69, 9.17) is 21.1 Å². The molecule has 2 rings (SSSR count). The summed E-state index contributed by atoms with van der Waals surface area (Å²) in [4.78, 5) is 1.18. The first-order chi connectivity index (χ1) is 12.1. The molecule has 0 aliphatic rings. The number of halogens is 1. The van der Waals surface area contributed by atoms with E-state index in [0.717, 1.165) is 16.5 Å². The minimum Gasteiger partial charge on any atom is -0.491 e. The Bertz CT molecular complexity index is 582. The van der Waals surface area contributed by atoms with Gasteiger partial charge in [0.2, 0.25) is 0 Å². The quantitative estimate of drug-likeness (QED) is 0.476. The SMILES string of the molecule is CC.COC(COc1ccc(C(C)C)cc1)CSc1ccc(Cl)cc1. The van der Waals surface area contributed by atoms with Gasteiger partial charge in [-0.05, 0) is 47.9 Å². The van der Waals surface area contributed by atoms with Crippen molar-refractivity contribution >= 4 is 23.4 Å². The van der Waals surface area contributed by atoms with Gasteiger partial charge < -0.3 is 9.47 Å². The molecule has 0 saturated carbocycles. The Morgan fingerprint density at radius 3 is 2.08 bits per heavy atom. The van der Waals surface area contributed by atoms with E-state index in [1.54, 1.807) is 18.9 Å². The van der Waals surface area contributed by atoms with Gasteiger partial charge in [-0.15, -0.1) is 11.8 Å². The van der Waals surface area contributed by atoms with Crippen molar-refractivity contribution in [2.24, 2.45) is 0 Å². The van der Waals surface area contributed by atoms with Crippen LogP contribution in [0.3, 0.4) is 0 Å². The summed E-state index contributed by atoms with van der Waals surface area (Å²) in [6, 6.07) is 16.1. The summed E-state index contributed by atoms with van der Waals surface area (Å²) in [7, 11) is 1.72. The number of hydrogen-bond acceptors (Lipinski definition) is 3. The Kier molecular flexibility index (Phi) is 10.7. The average molecular weight is 381 g/mol. The second-order valence-electron chi connectivity index (χ2n) is 5.66. The lowest BCUT2D eigenvalue weighted by molar-refractivity contribution is 0.0750. The van der Waals surface area contributed by atoms with Gasteiger partial charge in [0.1, 0.15) is 18.5 Å². The van der Waals surface area contributed by atoms with Crippen molar-refractivity contribution < 1.29 is 9.47 Å². The van der Waals surface area contributed by atoms with Gasteiger partial charge in [0, 0.05) is 22.8 Å². The van der Waals surface area contributed by atoms with Crippen molar-refractivity contribution in [3.63, 3.8) is 0 Å². The van der Waals surface area contributed by atoms with Crippen LogP contribution in [-0.2, 0) is 4.74 Å². The molecule has 138 valence electrons. The Hall–Kier alpha value is -1.16. The molecule has 0 amide bonds. The molecule has 1 atom stereocenters. The van der Waals surface area contributed by atoms with Gasteiger partial charge in [0.05, 0.1) is 0 Å². The van der Waals surface area contributed by atoms with E-state index < -0.39 is 0 Å². The Labute approximate surface area is 161 Å². The van der Waals surface area contributed by atoms with Crippen LogP contribution in [0.15, 0.2) is 53.4 Å². The lowest BCUT2D eigenvalue weighted by Crippen LogP contribution is -2.22. The van der Waals surface area contributed by atoms with Crippen LogP contribution in [-0.4, -0.2) is 25.6 Å². The molecule has 0 fully saturated rings. The number of methoxy groups -OCH3 is 1. The highest BCUT2D eigenvalue weighted by Crippen LogP contribution is 2.22. The predicted octanol–water partition coefficient (Wildman–Crippen LogP) is 6.68. The predicted molar refractivity (Wildman–Crippen MR) is 110 cm³/mol.